The van der Waals surface area contributed by atoms with Crippen molar-refractivity contribution >= 4 is 5.97 Å². The Balaban J connectivity index is 3.51. The predicted molar refractivity (Wildman–Crippen MR) is 41.7 cm³/mol. The first-order chi connectivity index (χ1) is 5.70. The summed E-state index contributed by atoms with van der Waals surface area (Å²) in [4.78, 5) is 13.2. The Morgan fingerprint density at radius 1 is 1.67 bits per heavy atom. The Hall–Kier alpha value is -1.57. The highest BCUT2D eigenvalue weighted by Crippen LogP contribution is 2.04. The summed E-state index contributed by atoms with van der Waals surface area (Å²) in [6, 6.07) is 0. The lowest BCUT2D eigenvalue weighted by Gasteiger charge is -1.96. The van der Waals surface area contributed by atoms with Crippen LogP contribution in [0.4, 0.5) is 0 Å². The standard InChI is InChI=1S/C7H10N2O3/c1-12-7(11)4-2-3-6(10)5-9-8/h5H,2-4H2,1H3/p+1/b6-5-. The van der Waals surface area contributed by atoms with Crippen LogP contribution in [0, 0.1) is 5.39 Å². The van der Waals surface area contributed by atoms with Gasteiger partial charge in [0.1, 0.15) is 0 Å². The smallest absolute Gasteiger partial charge is 0.387 e. The first-order valence-corrected chi connectivity index (χ1v) is 3.49. The van der Waals surface area contributed by atoms with E-state index in [2.05, 4.69) is 9.71 Å². The number of rotatable bonds is 4. The van der Waals surface area contributed by atoms with Gasteiger partial charge in [0.2, 0.25) is 5.39 Å². The van der Waals surface area contributed by atoms with Gasteiger partial charge in [0.15, 0.2) is 10.7 Å². The van der Waals surface area contributed by atoms with Crippen LogP contribution in [-0.2, 0) is 9.53 Å². The van der Waals surface area contributed by atoms with Gasteiger partial charge in [-0.25, -0.2) is 0 Å². The number of carbonyl (C=O) groups is 1. The van der Waals surface area contributed by atoms with Crippen LogP contribution in [0.5, 0.6) is 0 Å². The number of esters is 1. The van der Waals surface area contributed by atoms with Crippen molar-refractivity contribution in [3.05, 3.63) is 16.9 Å². The fraction of sp³-hybridized carbons (Fsp3) is 0.571. The molecule has 0 radical (unpaired) electrons. The first-order valence-electron chi connectivity index (χ1n) is 3.49. The fourth-order valence-corrected chi connectivity index (χ4v) is 0.647. The summed E-state index contributed by atoms with van der Waals surface area (Å²) in [5.41, 5.74) is 0. The molecular formula is C7H11N2O3+. The highest BCUT2D eigenvalue weighted by Gasteiger charge is 2.03. The Bertz CT molecular complexity index is 217. The molecule has 0 saturated heterocycles. The molecule has 0 fully saturated rings. The van der Waals surface area contributed by atoms with Gasteiger partial charge >= 0.3 is 12.2 Å². The maximum Gasteiger partial charge on any atom is 0.387 e. The second-order valence-electron chi connectivity index (χ2n) is 2.17. The molecule has 0 aromatic carbocycles. The normalized spacial score (nSPS) is 10.5. The van der Waals surface area contributed by atoms with E-state index in [1.165, 1.54) is 7.11 Å². The molecule has 0 atom stereocenters. The minimum absolute atomic E-state index is 0.0543. The topological polar surface area (TPSA) is 74.7 Å². The monoisotopic (exact) mass is 171 g/mol. The molecule has 0 aromatic heterocycles. The molecule has 0 unspecified atom stereocenters. The van der Waals surface area contributed by atoms with Crippen molar-refractivity contribution in [3.8, 4) is 0 Å². The lowest BCUT2D eigenvalue weighted by molar-refractivity contribution is -0.140. The molecule has 0 heterocycles. The van der Waals surface area contributed by atoms with Crippen LogP contribution < -0.4 is 0 Å². The van der Waals surface area contributed by atoms with Gasteiger partial charge in [0, 0.05) is 12.8 Å². The van der Waals surface area contributed by atoms with Gasteiger partial charge in [-0.05, 0) is 6.42 Å². The summed E-state index contributed by atoms with van der Waals surface area (Å²) in [7, 11) is 1.31. The molecule has 0 bridgehead atoms. The summed E-state index contributed by atoms with van der Waals surface area (Å²) in [5.74, 6) is -0.370. The minimum atomic E-state index is -0.316. The van der Waals surface area contributed by atoms with Gasteiger partial charge in [-0.1, -0.05) is 0 Å². The van der Waals surface area contributed by atoms with E-state index >= 15 is 0 Å². The second kappa shape index (κ2) is 6.16. The number of nitrogens with zero attached hydrogens (tertiary/aromatic N) is 2. The molecular weight excluding hydrogens is 160 g/mol. The quantitative estimate of drug-likeness (QED) is 0.396. The molecule has 0 rings (SSSR count). The maximum absolute atomic E-state index is 10.6. The summed E-state index contributed by atoms with van der Waals surface area (Å²) in [6.07, 6.45) is 1.96. The molecule has 0 saturated carbocycles. The molecule has 0 aliphatic heterocycles. The third-order valence-corrected chi connectivity index (χ3v) is 1.25. The van der Waals surface area contributed by atoms with Crippen molar-refractivity contribution in [2.45, 2.75) is 19.3 Å². The van der Waals surface area contributed by atoms with E-state index in [4.69, 9.17) is 10.5 Å². The van der Waals surface area contributed by atoms with Crippen molar-refractivity contribution in [3.63, 3.8) is 0 Å². The second-order valence-corrected chi connectivity index (χ2v) is 2.17. The van der Waals surface area contributed by atoms with E-state index in [9.17, 15) is 4.79 Å². The van der Waals surface area contributed by atoms with Crippen LogP contribution in [0.3, 0.4) is 0 Å². The van der Waals surface area contributed by atoms with Crippen LogP contribution >= 0.6 is 0 Å². The van der Waals surface area contributed by atoms with Crippen LogP contribution in [0.1, 0.15) is 19.3 Å². The molecule has 0 spiro atoms. The van der Waals surface area contributed by atoms with Crippen LogP contribution in [0.2, 0.25) is 0 Å². The molecule has 5 nitrogen and oxygen atoms in total. The van der Waals surface area contributed by atoms with Crippen molar-refractivity contribution in [2.75, 3.05) is 7.11 Å². The van der Waals surface area contributed by atoms with Crippen molar-refractivity contribution in [1.82, 2.24) is 0 Å². The van der Waals surface area contributed by atoms with Gasteiger partial charge in [0.25, 0.3) is 0 Å². The zero-order valence-corrected chi connectivity index (χ0v) is 6.86. The summed E-state index contributed by atoms with van der Waals surface area (Å²) in [6.45, 7) is 0. The van der Waals surface area contributed by atoms with Crippen molar-refractivity contribution in [2.24, 2.45) is 0 Å². The number of carbonyl (C=O) groups excluding carboxylic acids is 1. The zero-order valence-electron chi connectivity index (χ0n) is 6.86. The summed E-state index contributed by atoms with van der Waals surface area (Å²) >= 11 is 0. The number of ether oxygens (including phenoxy) is 1. The van der Waals surface area contributed by atoms with Gasteiger partial charge in [0.05, 0.1) is 7.11 Å². The van der Waals surface area contributed by atoms with Crippen LogP contribution in [0.25, 0.3) is 4.98 Å². The first kappa shape index (κ1) is 10.4. The third-order valence-electron chi connectivity index (χ3n) is 1.25. The van der Waals surface area contributed by atoms with Gasteiger partial charge in [-0.15, -0.1) is 0 Å². The Kier molecular flexibility index (Phi) is 5.35. The average Bonchev–Trinajstić information content (AvgIpc) is 2.04. The number of allylic oxidation sites excluding steroid dienone is 1. The minimum Gasteiger partial charge on any atom is -0.505 e. The van der Waals surface area contributed by atoms with Gasteiger partial charge in [-0.2, -0.15) is 0 Å². The lowest BCUT2D eigenvalue weighted by atomic mass is 10.2. The molecule has 66 valence electrons. The van der Waals surface area contributed by atoms with Crippen molar-refractivity contribution < 1.29 is 14.6 Å². The molecule has 12 heavy (non-hydrogen) atoms. The van der Waals surface area contributed by atoms with E-state index in [0.717, 1.165) is 6.20 Å². The molecule has 1 N–H and O–H groups in total. The molecule has 0 aromatic rings. The third kappa shape index (κ3) is 5.23. The number of aliphatic hydroxyl groups is 1. The van der Waals surface area contributed by atoms with E-state index in [1.54, 1.807) is 0 Å². The summed E-state index contributed by atoms with van der Waals surface area (Å²) in [5, 5.41) is 16.9. The largest absolute Gasteiger partial charge is 0.505 e. The van der Waals surface area contributed by atoms with Gasteiger partial charge in [-0.3, -0.25) is 4.79 Å². The Labute approximate surface area is 70.3 Å². The highest BCUT2D eigenvalue weighted by molar-refractivity contribution is 5.69. The number of aliphatic hydroxyl groups excluding tert-OH is 1. The maximum atomic E-state index is 10.6. The molecule has 0 amide bonds. The Morgan fingerprint density at radius 2 is 2.33 bits per heavy atom. The fourth-order valence-electron chi connectivity index (χ4n) is 0.647. The number of diazo groups is 1. The van der Waals surface area contributed by atoms with Crippen molar-refractivity contribution in [1.29, 1.82) is 5.39 Å². The molecule has 0 aliphatic rings. The molecule has 5 heteroatoms. The van der Waals surface area contributed by atoms with E-state index in [1.807, 2.05) is 0 Å². The lowest BCUT2D eigenvalue weighted by Crippen LogP contribution is -1.99. The molecule has 0 aliphatic carbocycles. The van der Waals surface area contributed by atoms with Gasteiger partial charge < -0.3 is 9.84 Å². The van der Waals surface area contributed by atoms with Crippen LogP contribution in [-0.4, -0.2) is 18.2 Å². The van der Waals surface area contributed by atoms with E-state index in [-0.39, 0.29) is 18.1 Å². The van der Waals surface area contributed by atoms with Crippen LogP contribution in [0.15, 0.2) is 12.0 Å². The van der Waals surface area contributed by atoms with E-state index in [0.29, 0.717) is 12.8 Å². The summed E-state index contributed by atoms with van der Waals surface area (Å²) < 4.78 is 4.38. The zero-order chi connectivity index (χ0) is 9.40. The Morgan fingerprint density at radius 3 is 2.83 bits per heavy atom. The number of hydrogen-bond donors (Lipinski definition) is 1. The highest BCUT2D eigenvalue weighted by atomic mass is 16.5. The predicted octanol–water partition coefficient (Wildman–Crippen LogP) is 1.58. The van der Waals surface area contributed by atoms with E-state index < -0.39 is 0 Å². The SMILES string of the molecule is COC(=O)CCC/C(O)=C/[N+]#N. The average molecular weight is 171 g/mol. The number of hydrogen-bond acceptors (Lipinski definition) is 4. The number of methoxy groups -OCH3 is 1.